The van der Waals surface area contributed by atoms with Gasteiger partial charge < -0.3 is 11.1 Å². The number of nitrogens with zero attached hydrogens (tertiary/aromatic N) is 1. The number of carbonyl (C=O) groups excluding carboxylic acids is 1. The average molecular weight is 237 g/mol. The van der Waals surface area contributed by atoms with E-state index in [0.29, 0.717) is 12.6 Å². The number of carbonyl (C=O) groups is 1. The van der Waals surface area contributed by atoms with Gasteiger partial charge in [-0.25, -0.2) is 0 Å². The van der Waals surface area contributed by atoms with Crippen LogP contribution in [0, 0.1) is 5.92 Å². The first-order chi connectivity index (χ1) is 8.16. The minimum atomic E-state index is 0.0354. The monoisotopic (exact) mass is 237 g/mol. The molecule has 0 radical (unpaired) electrons. The molecule has 17 heavy (non-hydrogen) atoms. The van der Waals surface area contributed by atoms with E-state index in [-0.39, 0.29) is 11.4 Å². The minimum absolute atomic E-state index is 0.0354. The van der Waals surface area contributed by atoms with Crippen molar-refractivity contribution in [1.29, 1.82) is 0 Å². The zero-order chi connectivity index (χ0) is 11.9. The zero-order valence-corrected chi connectivity index (χ0v) is 10.5. The second-order valence-electron chi connectivity index (χ2n) is 6.20. The Morgan fingerprint density at radius 3 is 2.47 bits per heavy atom. The molecular weight excluding hydrogens is 214 g/mol. The Balaban J connectivity index is 1.38. The van der Waals surface area contributed by atoms with E-state index in [2.05, 4.69) is 10.2 Å². The van der Waals surface area contributed by atoms with Crippen molar-refractivity contribution < 1.29 is 4.79 Å². The lowest BCUT2D eigenvalue weighted by Gasteiger charge is -2.48. The molecule has 1 saturated heterocycles. The quantitative estimate of drug-likeness (QED) is 0.747. The van der Waals surface area contributed by atoms with Crippen LogP contribution in [0.1, 0.15) is 38.5 Å². The molecule has 2 saturated carbocycles. The van der Waals surface area contributed by atoms with Crippen LogP contribution in [0.2, 0.25) is 0 Å². The van der Waals surface area contributed by atoms with Crippen molar-refractivity contribution in [2.24, 2.45) is 11.7 Å². The van der Waals surface area contributed by atoms with Crippen molar-refractivity contribution in [3.63, 3.8) is 0 Å². The van der Waals surface area contributed by atoms with Gasteiger partial charge in [-0.15, -0.1) is 0 Å². The maximum atomic E-state index is 11.8. The van der Waals surface area contributed by atoms with E-state index in [4.69, 9.17) is 5.73 Å². The highest BCUT2D eigenvalue weighted by molar-refractivity contribution is 5.78. The van der Waals surface area contributed by atoms with Crippen LogP contribution in [0.15, 0.2) is 0 Å². The van der Waals surface area contributed by atoms with E-state index in [1.54, 1.807) is 0 Å². The fourth-order valence-electron chi connectivity index (χ4n) is 3.36. The van der Waals surface area contributed by atoms with Gasteiger partial charge in [-0.2, -0.15) is 0 Å². The smallest absolute Gasteiger partial charge is 0.234 e. The van der Waals surface area contributed by atoms with Crippen LogP contribution in [-0.4, -0.2) is 42.0 Å². The van der Waals surface area contributed by atoms with Gasteiger partial charge in [0.15, 0.2) is 0 Å². The molecule has 3 fully saturated rings. The van der Waals surface area contributed by atoms with Crippen LogP contribution in [0.25, 0.3) is 0 Å². The minimum Gasteiger partial charge on any atom is -0.352 e. The summed E-state index contributed by atoms with van der Waals surface area (Å²) in [4.78, 5) is 14.0. The van der Waals surface area contributed by atoms with Crippen molar-refractivity contribution in [1.82, 2.24) is 10.2 Å². The number of rotatable bonds is 4. The highest BCUT2D eigenvalue weighted by atomic mass is 16.2. The molecule has 1 heterocycles. The molecule has 0 bridgehead atoms. The molecule has 3 aliphatic rings. The highest BCUT2D eigenvalue weighted by Gasteiger charge is 2.50. The summed E-state index contributed by atoms with van der Waals surface area (Å²) in [6.45, 7) is 2.37. The zero-order valence-electron chi connectivity index (χ0n) is 10.5. The van der Waals surface area contributed by atoms with Gasteiger partial charge in [-0.3, -0.25) is 9.69 Å². The summed E-state index contributed by atoms with van der Waals surface area (Å²) in [6.07, 6.45) is 7.44. The van der Waals surface area contributed by atoms with Gasteiger partial charge in [0, 0.05) is 24.7 Å². The van der Waals surface area contributed by atoms with Gasteiger partial charge in [0.2, 0.25) is 5.91 Å². The summed E-state index contributed by atoms with van der Waals surface area (Å²) in [5.41, 5.74) is 6.30. The van der Waals surface area contributed by atoms with Crippen molar-refractivity contribution in [2.75, 3.05) is 19.6 Å². The Morgan fingerprint density at radius 1 is 1.24 bits per heavy atom. The van der Waals surface area contributed by atoms with Gasteiger partial charge in [-0.1, -0.05) is 12.8 Å². The number of nitrogens with two attached hydrogens (primary N) is 1. The Kier molecular flexibility index (Phi) is 2.87. The molecule has 96 valence electrons. The van der Waals surface area contributed by atoms with E-state index in [1.807, 2.05) is 0 Å². The Morgan fingerprint density at radius 2 is 1.88 bits per heavy atom. The van der Waals surface area contributed by atoms with Crippen molar-refractivity contribution in [3.8, 4) is 0 Å². The topological polar surface area (TPSA) is 58.4 Å². The van der Waals surface area contributed by atoms with Gasteiger partial charge in [0.25, 0.3) is 0 Å². The summed E-state index contributed by atoms with van der Waals surface area (Å²) in [5, 5.41) is 3.13. The summed E-state index contributed by atoms with van der Waals surface area (Å²) >= 11 is 0. The molecule has 3 rings (SSSR count). The first-order valence-corrected chi connectivity index (χ1v) is 6.96. The molecule has 0 aromatic heterocycles. The largest absolute Gasteiger partial charge is 0.352 e. The fraction of sp³-hybridized carbons (Fsp3) is 0.923. The van der Waals surface area contributed by atoms with E-state index < -0.39 is 0 Å². The maximum absolute atomic E-state index is 11.8. The van der Waals surface area contributed by atoms with Crippen molar-refractivity contribution in [2.45, 2.75) is 50.1 Å². The highest BCUT2D eigenvalue weighted by Crippen LogP contribution is 2.42. The molecule has 1 amide bonds. The van der Waals surface area contributed by atoms with E-state index in [1.165, 1.54) is 25.7 Å². The first kappa shape index (κ1) is 11.5. The second kappa shape index (κ2) is 4.25. The number of likely N-dealkylation sites (tertiary alicyclic amines) is 1. The van der Waals surface area contributed by atoms with Crippen LogP contribution >= 0.6 is 0 Å². The standard InChI is InChI=1S/C13H23N3O/c14-13(10-5-6-10)8-16(9-13)7-12(17)15-11-3-1-2-4-11/h10-11H,1-9,14H2,(H,15,17). The molecule has 0 spiro atoms. The van der Waals surface area contributed by atoms with Crippen LogP contribution in [-0.2, 0) is 4.79 Å². The lowest BCUT2D eigenvalue weighted by molar-refractivity contribution is -0.125. The predicted molar refractivity (Wildman–Crippen MR) is 66.5 cm³/mol. The molecule has 2 aliphatic carbocycles. The second-order valence-corrected chi connectivity index (χ2v) is 6.20. The third-order valence-electron chi connectivity index (χ3n) is 4.51. The van der Waals surface area contributed by atoms with Crippen LogP contribution in [0.3, 0.4) is 0 Å². The van der Waals surface area contributed by atoms with Crippen LogP contribution in [0.4, 0.5) is 0 Å². The number of hydrogen-bond acceptors (Lipinski definition) is 3. The molecule has 0 unspecified atom stereocenters. The number of amides is 1. The summed E-state index contributed by atoms with van der Waals surface area (Å²) in [6, 6.07) is 0.440. The lowest BCUT2D eigenvalue weighted by atomic mass is 9.86. The van der Waals surface area contributed by atoms with Gasteiger partial charge in [0.05, 0.1) is 6.54 Å². The number of nitrogens with one attached hydrogen (secondary N) is 1. The Labute approximate surface area is 103 Å². The average Bonchev–Trinajstić information content (AvgIpc) is 2.97. The Hall–Kier alpha value is -0.610. The third-order valence-corrected chi connectivity index (χ3v) is 4.51. The van der Waals surface area contributed by atoms with E-state index in [0.717, 1.165) is 31.8 Å². The molecule has 0 aromatic carbocycles. The molecular formula is C13H23N3O. The molecule has 0 aromatic rings. The molecule has 4 heteroatoms. The SMILES string of the molecule is NC1(C2CC2)CN(CC(=O)NC2CCCC2)C1. The predicted octanol–water partition coefficient (Wildman–Crippen LogP) is 0.468. The van der Waals surface area contributed by atoms with Crippen molar-refractivity contribution >= 4 is 5.91 Å². The summed E-state index contributed by atoms with van der Waals surface area (Å²) in [7, 11) is 0. The third kappa shape index (κ3) is 2.47. The van der Waals surface area contributed by atoms with E-state index in [9.17, 15) is 4.79 Å². The fourth-order valence-corrected chi connectivity index (χ4v) is 3.36. The molecule has 0 atom stereocenters. The lowest BCUT2D eigenvalue weighted by Crippen LogP contribution is -2.69. The summed E-state index contributed by atoms with van der Waals surface area (Å²) < 4.78 is 0. The van der Waals surface area contributed by atoms with Crippen LogP contribution < -0.4 is 11.1 Å². The van der Waals surface area contributed by atoms with Gasteiger partial charge in [0.1, 0.15) is 0 Å². The van der Waals surface area contributed by atoms with E-state index >= 15 is 0 Å². The summed E-state index contributed by atoms with van der Waals surface area (Å²) in [5.74, 6) is 0.923. The Bertz CT molecular complexity index is 302. The van der Waals surface area contributed by atoms with Gasteiger partial charge in [-0.05, 0) is 31.6 Å². The molecule has 1 aliphatic heterocycles. The number of hydrogen-bond donors (Lipinski definition) is 2. The molecule has 3 N–H and O–H groups in total. The molecule has 4 nitrogen and oxygen atoms in total. The van der Waals surface area contributed by atoms with Crippen molar-refractivity contribution in [3.05, 3.63) is 0 Å². The van der Waals surface area contributed by atoms with Gasteiger partial charge >= 0.3 is 0 Å². The normalized spacial score (nSPS) is 29.0. The maximum Gasteiger partial charge on any atom is 0.234 e. The van der Waals surface area contributed by atoms with Crippen LogP contribution in [0.5, 0.6) is 0 Å². The first-order valence-electron chi connectivity index (χ1n) is 6.96.